The van der Waals surface area contributed by atoms with Gasteiger partial charge in [-0.25, -0.2) is 9.59 Å². The van der Waals surface area contributed by atoms with Gasteiger partial charge in [-0.2, -0.15) is 0 Å². The lowest BCUT2D eigenvalue weighted by atomic mass is 9.77. The average molecular weight is 254 g/mol. The third kappa shape index (κ3) is 2.31. The lowest BCUT2D eigenvalue weighted by molar-refractivity contribution is -0.148. The van der Waals surface area contributed by atoms with Gasteiger partial charge < -0.3 is 15.7 Å². The molecule has 18 heavy (non-hydrogen) atoms. The summed E-state index contributed by atoms with van der Waals surface area (Å²) in [5, 5.41) is 14.7. The molecule has 2 saturated carbocycles. The van der Waals surface area contributed by atoms with Gasteiger partial charge in [0.1, 0.15) is 5.54 Å². The molecule has 0 bridgehead atoms. The predicted molar refractivity (Wildman–Crippen MR) is 67.3 cm³/mol. The third-order valence-corrected chi connectivity index (χ3v) is 4.53. The average Bonchev–Trinajstić information content (AvgIpc) is 2.51. The minimum Gasteiger partial charge on any atom is -0.480 e. The zero-order valence-corrected chi connectivity index (χ0v) is 11.1. The smallest absolute Gasteiger partial charge is 0.329 e. The molecule has 2 fully saturated rings. The van der Waals surface area contributed by atoms with Crippen molar-refractivity contribution in [2.24, 2.45) is 5.41 Å². The molecule has 1 atom stereocenters. The van der Waals surface area contributed by atoms with Crippen LogP contribution in [0.3, 0.4) is 0 Å². The molecule has 0 aliphatic heterocycles. The summed E-state index contributed by atoms with van der Waals surface area (Å²) in [5.41, 5.74) is -0.916. The third-order valence-electron chi connectivity index (χ3n) is 4.53. The van der Waals surface area contributed by atoms with Crippen molar-refractivity contribution in [1.29, 1.82) is 0 Å². The van der Waals surface area contributed by atoms with Crippen LogP contribution in [0.4, 0.5) is 4.79 Å². The highest BCUT2D eigenvalue weighted by Crippen LogP contribution is 2.37. The van der Waals surface area contributed by atoms with Gasteiger partial charge in [-0.15, -0.1) is 0 Å². The Labute approximate surface area is 107 Å². The summed E-state index contributed by atoms with van der Waals surface area (Å²) in [4.78, 5) is 23.1. The largest absolute Gasteiger partial charge is 0.480 e. The van der Waals surface area contributed by atoms with Crippen LogP contribution in [0.2, 0.25) is 0 Å². The SMILES string of the molecule is CC1(C)CCCC1NC(=O)NC1(C(=O)O)CCC1. The highest BCUT2D eigenvalue weighted by atomic mass is 16.4. The van der Waals surface area contributed by atoms with E-state index in [1.165, 1.54) is 0 Å². The molecule has 0 radical (unpaired) electrons. The quantitative estimate of drug-likeness (QED) is 0.719. The number of aliphatic carboxylic acids is 1. The van der Waals surface area contributed by atoms with E-state index < -0.39 is 11.5 Å². The Morgan fingerprint density at radius 1 is 1.17 bits per heavy atom. The van der Waals surface area contributed by atoms with Crippen molar-refractivity contribution in [3.8, 4) is 0 Å². The van der Waals surface area contributed by atoms with Crippen LogP contribution in [0, 0.1) is 5.41 Å². The molecular weight excluding hydrogens is 232 g/mol. The van der Waals surface area contributed by atoms with E-state index in [0.717, 1.165) is 25.7 Å². The number of carbonyl (C=O) groups excluding carboxylic acids is 1. The molecule has 0 saturated heterocycles. The van der Waals surface area contributed by atoms with Crippen LogP contribution in [0.25, 0.3) is 0 Å². The summed E-state index contributed by atoms with van der Waals surface area (Å²) in [5.74, 6) is -0.922. The molecule has 102 valence electrons. The standard InChI is InChI=1S/C13H22N2O3/c1-12(2)6-3-5-9(12)14-11(18)15-13(10(16)17)7-4-8-13/h9H,3-8H2,1-2H3,(H,16,17)(H2,14,15,18). The van der Waals surface area contributed by atoms with Gasteiger partial charge in [0.2, 0.25) is 0 Å². The number of urea groups is 1. The fourth-order valence-electron chi connectivity index (χ4n) is 2.93. The van der Waals surface area contributed by atoms with Gasteiger partial charge in [-0.3, -0.25) is 0 Å². The van der Waals surface area contributed by atoms with Crippen molar-refractivity contribution in [3.63, 3.8) is 0 Å². The molecule has 2 rings (SSSR count). The molecule has 3 N–H and O–H groups in total. The topological polar surface area (TPSA) is 78.4 Å². The lowest BCUT2D eigenvalue weighted by Gasteiger charge is -2.39. The van der Waals surface area contributed by atoms with Gasteiger partial charge >= 0.3 is 12.0 Å². The first kappa shape index (κ1) is 13.2. The molecule has 5 heteroatoms. The minimum atomic E-state index is -1.02. The molecule has 2 aliphatic carbocycles. The summed E-state index contributed by atoms with van der Waals surface area (Å²) in [6.07, 6.45) is 5.11. The van der Waals surface area contributed by atoms with Gasteiger partial charge in [0.15, 0.2) is 0 Å². The van der Waals surface area contributed by atoms with Crippen LogP contribution < -0.4 is 10.6 Å². The Hall–Kier alpha value is -1.26. The Balaban J connectivity index is 1.91. The van der Waals surface area contributed by atoms with Crippen LogP contribution in [-0.2, 0) is 4.79 Å². The second-order valence-electron chi connectivity index (χ2n) is 6.27. The molecule has 0 aromatic heterocycles. The van der Waals surface area contributed by atoms with E-state index in [9.17, 15) is 9.59 Å². The zero-order valence-electron chi connectivity index (χ0n) is 11.1. The Morgan fingerprint density at radius 2 is 1.83 bits per heavy atom. The normalized spacial score (nSPS) is 28.2. The molecule has 0 spiro atoms. The summed E-state index contributed by atoms with van der Waals surface area (Å²) in [6, 6.07) is -0.194. The molecule has 5 nitrogen and oxygen atoms in total. The fraction of sp³-hybridized carbons (Fsp3) is 0.846. The molecule has 0 heterocycles. The number of carboxylic acids is 1. The number of carboxylic acid groups (broad SMARTS) is 1. The second-order valence-corrected chi connectivity index (χ2v) is 6.27. The highest BCUT2D eigenvalue weighted by Gasteiger charge is 2.46. The fourth-order valence-corrected chi connectivity index (χ4v) is 2.93. The van der Waals surface area contributed by atoms with Crippen molar-refractivity contribution in [2.75, 3.05) is 0 Å². The number of hydrogen-bond acceptors (Lipinski definition) is 2. The van der Waals surface area contributed by atoms with Crippen LogP contribution in [0.15, 0.2) is 0 Å². The number of amides is 2. The van der Waals surface area contributed by atoms with Gasteiger partial charge in [-0.05, 0) is 37.5 Å². The van der Waals surface area contributed by atoms with Gasteiger partial charge in [0.05, 0.1) is 0 Å². The van der Waals surface area contributed by atoms with Crippen molar-refractivity contribution in [3.05, 3.63) is 0 Å². The molecular formula is C13H22N2O3. The van der Waals surface area contributed by atoms with Gasteiger partial charge in [0, 0.05) is 6.04 Å². The van der Waals surface area contributed by atoms with E-state index >= 15 is 0 Å². The number of rotatable bonds is 3. The van der Waals surface area contributed by atoms with Gasteiger partial charge in [-0.1, -0.05) is 20.3 Å². The summed E-state index contributed by atoms with van der Waals surface area (Å²) in [7, 11) is 0. The van der Waals surface area contributed by atoms with E-state index in [1.807, 2.05) is 0 Å². The Morgan fingerprint density at radius 3 is 2.22 bits per heavy atom. The lowest BCUT2D eigenvalue weighted by Crippen LogP contribution is -2.62. The summed E-state index contributed by atoms with van der Waals surface area (Å²) < 4.78 is 0. The van der Waals surface area contributed by atoms with Crippen molar-refractivity contribution in [2.45, 2.75) is 64.0 Å². The maximum atomic E-state index is 11.9. The first-order valence-electron chi connectivity index (χ1n) is 6.68. The zero-order chi connectivity index (χ0) is 13.4. The van der Waals surface area contributed by atoms with Crippen molar-refractivity contribution >= 4 is 12.0 Å². The molecule has 1 unspecified atom stereocenters. The van der Waals surface area contributed by atoms with Gasteiger partial charge in [0.25, 0.3) is 0 Å². The van der Waals surface area contributed by atoms with Crippen molar-refractivity contribution in [1.82, 2.24) is 10.6 Å². The number of hydrogen-bond donors (Lipinski definition) is 3. The predicted octanol–water partition coefficient (Wildman–Crippen LogP) is 1.87. The van der Waals surface area contributed by atoms with E-state index in [4.69, 9.17) is 5.11 Å². The van der Waals surface area contributed by atoms with E-state index in [0.29, 0.717) is 12.8 Å². The number of nitrogens with one attached hydrogen (secondary N) is 2. The summed E-state index contributed by atoms with van der Waals surface area (Å²) >= 11 is 0. The Bertz CT molecular complexity index is 361. The first-order chi connectivity index (χ1) is 8.36. The molecule has 0 aromatic rings. The molecule has 2 amide bonds. The molecule has 0 aromatic carbocycles. The second kappa shape index (κ2) is 4.44. The van der Waals surface area contributed by atoms with Crippen LogP contribution in [0.1, 0.15) is 52.4 Å². The van der Waals surface area contributed by atoms with Crippen LogP contribution in [0.5, 0.6) is 0 Å². The van der Waals surface area contributed by atoms with E-state index in [1.54, 1.807) is 0 Å². The highest BCUT2D eigenvalue weighted by molar-refractivity contribution is 5.87. The Kier molecular flexibility index (Phi) is 3.25. The van der Waals surface area contributed by atoms with E-state index in [2.05, 4.69) is 24.5 Å². The minimum absolute atomic E-state index is 0.105. The van der Waals surface area contributed by atoms with E-state index in [-0.39, 0.29) is 17.5 Å². The van der Waals surface area contributed by atoms with Crippen LogP contribution >= 0.6 is 0 Å². The van der Waals surface area contributed by atoms with Crippen molar-refractivity contribution < 1.29 is 14.7 Å². The number of carbonyl (C=O) groups is 2. The first-order valence-corrected chi connectivity index (χ1v) is 6.68. The van der Waals surface area contributed by atoms with Crippen LogP contribution in [-0.4, -0.2) is 28.7 Å². The monoisotopic (exact) mass is 254 g/mol. The summed E-state index contributed by atoms with van der Waals surface area (Å²) in [6.45, 7) is 4.28. The molecule has 2 aliphatic rings. The maximum absolute atomic E-state index is 11.9. The maximum Gasteiger partial charge on any atom is 0.329 e.